The van der Waals surface area contributed by atoms with Crippen molar-refractivity contribution >= 4 is 23.1 Å². The second-order valence-electron chi connectivity index (χ2n) is 3.40. The van der Waals surface area contributed by atoms with Crippen molar-refractivity contribution in [3.63, 3.8) is 0 Å². The first-order valence-electron chi connectivity index (χ1n) is 5.16. The lowest BCUT2D eigenvalue weighted by Crippen LogP contribution is -1.93. The zero-order chi connectivity index (χ0) is 12.1. The van der Waals surface area contributed by atoms with Gasteiger partial charge in [-0.05, 0) is 11.4 Å². The van der Waals surface area contributed by atoms with Gasteiger partial charge < -0.3 is 5.73 Å². The summed E-state index contributed by atoms with van der Waals surface area (Å²) in [5.41, 5.74) is 6.47. The van der Waals surface area contributed by atoms with Crippen molar-refractivity contribution in [1.82, 2.24) is 9.78 Å². The van der Waals surface area contributed by atoms with Gasteiger partial charge in [-0.2, -0.15) is 5.10 Å². The maximum absolute atomic E-state index is 5.38. The standard InChI is InChI=1S/C12H13N3S2/c1-15-8-11(7-14-15)17-9-12-10(3-2-5-13)4-6-16-12/h4,6-8H,5,9,13H2,1H3. The van der Waals surface area contributed by atoms with E-state index in [1.807, 2.05) is 30.2 Å². The van der Waals surface area contributed by atoms with Gasteiger partial charge in [0.2, 0.25) is 0 Å². The number of nitrogens with two attached hydrogens (primary N) is 1. The molecule has 0 radical (unpaired) electrons. The summed E-state index contributed by atoms with van der Waals surface area (Å²) in [5, 5.41) is 6.21. The highest BCUT2D eigenvalue weighted by Gasteiger charge is 2.04. The third-order valence-corrected chi connectivity index (χ3v) is 4.20. The van der Waals surface area contributed by atoms with E-state index < -0.39 is 0 Å². The van der Waals surface area contributed by atoms with Crippen LogP contribution in [-0.2, 0) is 12.8 Å². The van der Waals surface area contributed by atoms with Crippen LogP contribution in [0.3, 0.4) is 0 Å². The fourth-order valence-corrected chi connectivity index (χ4v) is 3.20. The van der Waals surface area contributed by atoms with Gasteiger partial charge in [0.25, 0.3) is 0 Å². The Labute approximate surface area is 109 Å². The number of rotatable bonds is 3. The minimum Gasteiger partial charge on any atom is -0.320 e. The molecule has 0 aliphatic heterocycles. The van der Waals surface area contributed by atoms with Gasteiger partial charge >= 0.3 is 0 Å². The second kappa shape index (κ2) is 5.92. The van der Waals surface area contributed by atoms with Gasteiger partial charge in [-0.1, -0.05) is 11.8 Å². The van der Waals surface area contributed by atoms with Crippen LogP contribution < -0.4 is 5.73 Å². The zero-order valence-corrected chi connectivity index (χ0v) is 11.1. The minimum absolute atomic E-state index is 0.408. The van der Waals surface area contributed by atoms with Crippen LogP contribution >= 0.6 is 23.1 Å². The molecule has 88 valence electrons. The van der Waals surface area contributed by atoms with E-state index in [0.717, 1.165) is 11.3 Å². The lowest BCUT2D eigenvalue weighted by Gasteiger charge is -1.96. The summed E-state index contributed by atoms with van der Waals surface area (Å²) in [7, 11) is 1.92. The molecule has 0 fully saturated rings. The van der Waals surface area contributed by atoms with Crippen molar-refractivity contribution < 1.29 is 0 Å². The summed E-state index contributed by atoms with van der Waals surface area (Å²) in [6, 6.07) is 2.05. The highest BCUT2D eigenvalue weighted by molar-refractivity contribution is 7.98. The Morgan fingerprint density at radius 1 is 1.59 bits per heavy atom. The maximum atomic E-state index is 5.38. The van der Waals surface area contributed by atoms with Crippen molar-refractivity contribution in [3.05, 3.63) is 34.3 Å². The molecule has 0 unspecified atom stereocenters. The minimum atomic E-state index is 0.408. The van der Waals surface area contributed by atoms with Crippen LogP contribution in [0.4, 0.5) is 0 Å². The van der Waals surface area contributed by atoms with Gasteiger partial charge in [0, 0.05) is 34.3 Å². The van der Waals surface area contributed by atoms with E-state index in [4.69, 9.17) is 5.73 Å². The van der Waals surface area contributed by atoms with E-state index in [-0.39, 0.29) is 0 Å². The second-order valence-corrected chi connectivity index (χ2v) is 5.45. The van der Waals surface area contributed by atoms with Crippen LogP contribution in [0.5, 0.6) is 0 Å². The highest BCUT2D eigenvalue weighted by Crippen LogP contribution is 2.26. The molecule has 2 rings (SSSR count). The fourth-order valence-electron chi connectivity index (χ4n) is 1.33. The van der Waals surface area contributed by atoms with Gasteiger partial charge in [-0.15, -0.1) is 23.1 Å². The Morgan fingerprint density at radius 3 is 3.18 bits per heavy atom. The summed E-state index contributed by atoms with van der Waals surface area (Å²) in [6.45, 7) is 0.408. The van der Waals surface area contributed by atoms with Crippen LogP contribution in [0.1, 0.15) is 10.4 Å². The van der Waals surface area contributed by atoms with E-state index in [9.17, 15) is 0 Å². The Balaban J connectivity index is 2.01. The van der Waals surface area contributed by atoms with Crippen molar-refractivity contribution in [1.29, 1.82) is 0 Å². The molecule has 0 atom stereocenters. The van der Waals surface area contributed by atoms with Crippen LogP contribution in [0.2, 0.25) is 0 Å². The monoisotopic (exact) mass is 263 g/mol. The van der Waals surface area contributed by atoms with E-state index in [1.165, 1.54) is 9.77 Å². The van der Waals surface area contributed by atoms with Gasteiger partial charge in [-0.25, -0.2) is 0 Å². The quantitative estimate of drug-likeness (QED) is 0.681. The van der Waals surface area contributed by atoms with Crippen molar-refractivity contribution in [3.8, 4) is 11.8 Å². The fraction of sp³-hybridized carbons (Fsp3) is 0.250. The van der Waals surface area contributed by atoms with E-state index >= 15 is 0 Å². The van der Waals surface area contributed by atoms with Crippen molar-refractivity contribution in [2.75, 3.05) is 6.54 Å². The van der Waals surface area contributed by atoms with Crippen molar-refractivity contribution in [2.24, 2.45) is 12.8 Å². The average Bonchev–Trinajstić information content (AvgIpc) is 2.92. The predicted molar refractivity (Wildman–Crippen MR) is 73.0 cm³/mol. The highest BCUT2D eigenvalue weighted by atomic mass is 32.2. The third kappa shape index (κ3) is 3.37. The molecule has 0 bridgehead atoms. The molecule has 3 nitrogen and oxygen atoms in total. The van der Waals surface area contributed by atoms with Crippen LogP contribution in [-0.4, -0.2) is 16.3 Å². The average molecular weight is 263 g/mol. The normalized spacial score (nSPS) is 10.0. The molecular weight excluding hydrogens is 250 g/mol. The van der Waals surface area contributed by atoms with Crippen LogP contribution in [0.25, 0.3) is 0 Å². The number of hydrogen-bond acceptors (Lipinski definition) is 4. The molecule has 0 spiro atoms. The molecule has 0 amide bonds. The summed E-state index contributed by atoms with van der Waals surface area (Å²) in [4.78, 5) is 2.47. The summed E-state index contributed by atoms with van der Waals surface area (Å²) in [5.74, 6) is 6.92. The van der Waals surface area contributed by atoms with E-state index in [0.29, 0.717) is 6.54 Å². The van der Waals surface area contributed by atoms with Crippen LogP contribution in [0, 0.1) is 11.8 Å². The Hall–Kier alpha value is -1.22. The number of aryl methyl sites for hydroxylation is 1. The Bertz CT molecular complexity index is 545. The molecule has 17 heavy (non-hydrogen) atoms. The SMILES string of the molecule is Cn1cc(SCc2sccc2C#CCN)cn1. The molecule has 2 aromatic rings. The lowest BCUT2D eigenvalue weighted by molar-refractivity contribution is 0.766. The third-order valence-electron chi connectivity index (χ3n) is 2.12. The molecule has 5 heteroatoms. The Kier molecular flexibility index (Phi) is 4.26. The van der Waals surface area contributed by atoms with Crippen LogP contribution in [0.15, 0.2) is 28.7 Å². The molecule has 2 N–H and O–H groups in total. The summed E-state index contributed by atoms with van der Waals surface area (Å²) < 4.78 is 1.81. The molecular formula is C12H13N3S2. The smallest absolute Gasteiger partial charge is 0.0625 e. The number of aromatic nitrogens is 2. The topological polar surface area (TPSA) is 43.8 Å². The molecule has 0 saturated carbocycles. The molecule has 2 heterocycles. The summed E-state index contributed by atoms with van der Waals surface area (Å²) in [6.07, 6.45) is 3.90. The summed E-state index contributed by atoms with van der Waals surface area (Å²) >= 11 is 3.51. The zero-order valence-electron chi connectivity index (χ0n) is 9.51. The molecule has 0 aliphatic carbocycles. The van der Waals surface area contributed by atoms with E-state index in [1.54, 1.807) is 23.1 Å². The van der Waals surface area contributed by atoms with Crippen molar-refractivity contribution in [2.45, 2.75) is 10.6 Å². The molecule has 2 aromatic heterocycles. The maximum Gasteiger partial charge on any atom is 0.0625 e. The van der Waals surface area contributed by atoms with Gasteiger partial charge in [0.05, 0.1) is 12.7 Å². The lowest BCUT2D eigenvalue weighted by atomic mass is 10.3. The van der Waals surface area contributed by atoms with Gasteiger partial charge in [0.15, 0.2) is 0 Å². The van der Waals surface area contributed by atoms with Gasteiger partial charge in [-0.3, -0.25) is 4.68 Å². The number of hydrogen-bond donors (Lipinski definition) is 1. The first-order chi connectivity index (χ1) is 8.29. The Morgan fingerprint density at radius 2 is 2.47 bits per heavy atom. The number of nitrogens with zero attached hydrogens (tertiary/aromatic N) is 2. The first kappa shape index (κ1) is 12.2. The van der Waals surface area contributed by atoms with E-state index in [2.05, 4.69) is 22.3 Å². The molecule has 0 aromatic carbocycles. The number of thiophene rings is 1. The predicted octanol–water partition coefficient (Wildman–Crippen LogP) is 2.08. The molecule has 0 aliphatic rings. The first-order valence-corrected chi connectivity index (χ1v) is 7.03. The number of thioether (sulfide) groups is 1. The van der Waals surface area contributed by atoms with Gasteiger partial charge in [0.1, 0.15) is 0 Å². The molecule has 0 saturated heterocycles. The largest absolute Gasteiger partial charge is 0.320 e.